The molecule has 3 rings (SSSR count). The lowest BCUT2D eigenvalue weighted by Gasteiger charge is -2.33. The van der Waals surface area contributed by atoms with E-state index in [4.69, 9.17) is 4.74 Å². The van der Waals surface area contributed by atoms with Crippen LogP contribution in [-0.2, 0) is 6.42 Å². The van der Waals surface area contributed by atoms with Gasteiger partial charge >= 0.3 is 0 Å². The van der Waals surface area contributed by atoms with Crippen molar-refractivity contribution >= 4 is 5.78 Å². The topological polar surface area (TPSA) is 29.5 Å². The predicted molar refractivity (Wildman–Crippen MR) is 107 cm³/mol. The molecule has 0 N–H and O–H groups in total. The van der Waals surface area contributed by atoms with Crippen molar-refractivity contribution in [3.8, 4) is 5.75 Å². The Morgan fingerprint density at radius 1 is 1.31 bits per heavy atom. The number of hydrogen-bond acceptors (Lipinski definition) is 3. The summed E-state index contributed by atoms with van der Waals surface area (Å²) in [6, 6.07) is 5.85. The van der Waals surface area contributed by atoms with Crippen LogP contribution in [0.1, 0.15) is 35.2 Å². The van der Waals surface area contributed by atoms with Crippen molar-refractivity contribution in [1.82, 2.24) is 4.90 Å². The number of carbonyl (C=O) groups is 1. The van der Waals surface area contributed by atoms with Crippen LogP contribution < -0.4 is 4.74 Å². The zero-order chi connectivity index (χ0) is 18.5. The lowest BCUT2D eigenvalue weighted by Crippen LogP contribution is -2.35. The molecular weight excluding hydrogens is 322 g/mol. The van der Waals surface area contributed by atoms with Crippen molar-refractivity contribution in [1.29, 1.82) is 0 Å². The third-order valence-electron chi connectivity index (χ3n) is 5.74. The van der Waals surface area contributed by atoms with Gasteiger partial charge in [-0.15, -0.1) is 0 Å². The molecule has 0 spiro atoms. The number of piperidine rings is 1. The van der Waals surface area contributed by atoms with Gasteiger partial charge in [-0.3, -0.25) is 9.69 Å². The largest absolute Gasteiger partial charge is 0.497 e. The molecule has 1 aliphatic carbocycles. The van der Waals surface area contributed by atoms with Crippen LogP contribution in [0, 0.1) is 11.8 Å². The molecule has 3 heteroatoms. The number of ether oxygens (including phenoxy) is 1. The number of ketones is 1. The Balaban J connectivity index is 1.52. The lowest BCUT2D eigenvalue weighted by molar-refractivity contribution is 0.0900. The summed E-state index contributed by atoms with van der Waals surface area (Å²) in [6.07, 6.45) is 9.99. The number of likely N-dealkylation sites (tertiary alicyclic amines) is 1. The van der Waals surface area contributed by atoms with Gasteiger partial charge in [0.15, 0.2) is 5.78 Å². The first-order chi connectivity index (χ1) is 12.6. The highest BCUT2D eigenvalue weighted by Gasteiger charge is 2.33. The smallest absolute Gasteiger partial charge is 0.166 e. The van der Waals surface area contributed by atoms with E-state index in [2.05, 4.69) is 18.1 Å². The minimum Gasteiger partial charge on any atom is -0.497 e. The molecular formula is C23H29NO2. The molecule has 0 aromatic heterocycles. The molecule has 1 aromatic rings. The molecule has 0 amide bonds. The van der Waals surface area contributed by atoms with E-state index < -0.39 is 0 Å². The van der Waals surface area contributed by atoms with E-state index >= 15 is 0 Å². The molecule has 26 heavy (non-hydrogen) atoms. The third-order valence-corrected chi connectivity index (χ3v) is 5.74. The molecule has 1 unspecified atom stereocenters. The summed E-state index contributed by atoms with van der Waals surface area (Å²) in [5, 5.41) is 0. The number of benzene rings is 1. The molecule has 1 fully saturated rings. The number of carbonyl (C=O) groups excluding carboxylic acids is 1. The number of methoxy groups -OCH3 is 1. The minimum atomic E-state index is 0.151. The van der Waals surface area contributed by atoms with Crippen molar-refractivity contribution in [3.05, 3.63) is 66.3 Å². The van der Waals surface area contributed by atoms with Crippen molar-refractivity contribution in [3.63, 3.8) is 0 Å². The van der Waals surface area contributed by atoms with Gasteiger partial charge in [0.05, 0.1) is 7.11 Å². The first-order valence-corrected chi connectivity index (χ1v) is 9.52. The summed E-state index contributed by atoms with van der Waals surface area (Å²) in [5.74, 6) is 1.97. The molecule has 1 aliphatic heterocycles. The van der Waals surface area contributed by atoms with Crippen molar-refractivity contribution in [2.24, 2.45) is 11.8 Å². The molecule has 1 heterocycles. The SMILES string of the molecule is C=C/C=C(\C=C)CN1CCC(CC2Cc3cc(OC)ccc3C2=O)CC1. The number of nitrogens with zero attached hydrogens (tertiary/aromatic N) is 1. The second-order valence-electron chi connectivity index (χ2n) is 7.43. The lowest BCUT2D eigenvalue weighted by atomic mass is 9.85. The zero-order valence-corrected chi connectivity index (χ0v) is 15.7. The molecule has 0 bridgehead atoms. The van der Waals surface area contributed by atoms with E-state index in [-0.39, 0.29) is 5.92 Å². The first kappa shape index (κ1) is 18.7. The summed E-state index contributed by atoms with van der Waals surface area (Å²) in [6.45, 7) is 10.8. The number of Topliss-reactive ketones (excluding diaryl/α,β-unsaturated/α-hetero) is 1. The predicted octanol–water partition coefficient (Wildman–Crippen LogP) is 4.45. The first-order valence-electron chi connectivity index (χ1n) is 9.52. The van der Waals surface area contributed by atoms with E-state index in [9.17, 15) is 4.79 Å². The van der Waals surface area contributed by atoms with Crippen LogP contribution >= 0.6 is 0 Å². The van der Waals surface area contributed by atoms with Gasteiger partial charge in [-0.25, -0.2) is 0 Å². The Kier molecular flexibility index (Phi) is 6.10. The average molecular weight is 351 g/mol. The van der Waals surface area contributed by atoms with Crippen LogP contribution in [-0.4, -0.2) is 37.4 Å². The van der Waals surface area contributed by atoms with Crippen LogP contribution in [0.15, 0.2) is 55.2 Å². The second-order valence-corrected chi connectivity index (χ2v) is 7.43. The summed E-state index contributed by atoms with van der Waals surface area (Å²) in [4.78, 5) is 15.2. The van der Waals surface area contributed by atoms with Crippen molar-refractivity contribution in [2.45, 2.75) is 25.7 Å². The maximum atomic E-state index is 12.7. The summed E-state index contributed by atoms with van der Waals surface area (Å²) < 4.78 is 5.30. The Morgan fingerprint density at radius 2 is 2.08 bits per heavy atom. The van der Waals surface area contributed by atoms with Gasteiger partial charge in [0, 0.05) is 18.0 Å². The molecule has 2 aliphatic rings. The molecule has 3 nitrogen and oxygen atoms in total. The van der Waals surface area contributed by atoms with Crippen LogP contribution in [0.4, 0.5) is 0 Å². The van der Waals surface area contributed by atoms with E-state index in [0.29, 0.717) is 11.7 Å². The van der Waals surface area contributed by atoms with Crippen LogP contribution in [0.25, 0.3) is 0 Å². The maximum Gasteiger partial charge on any atom is 0.166 e. The van der Waals surface area contributed by atoms with Crippen molar-refractivity contribution < 1.29 is 9.53 Å². The summed E-state index contributed by atoms with van der Waals surface area (Å²) in [5.41, 5.74) is 3.27. The monoisotopic (exact) mass is 351 g/mol. The number of allylic oxidation sites excluding steroid dienone is 2. The fourth-order valence-corrected chi connectivity index (χ4v) is 4.25. The quantitative estimate of drug-likeness (QED) is 0.680. The third kappa shape index (κ3) is 4.16. The second kappa shape index (κ2) is 8.50. The van der Waals surface area contributed by atoms with E-state index in [1.54, 1.807) is 7.11 Å². The number of hydrogen-bond donors (Lipinski definition) is 0. The van der Waals surface area contributed by atoms with Crippen molar-refractivity contribution in [2.75, 3.05) is 26.7 Å². The highest BCUT2D eigenvalue weighted by molar-refractivity contribution is 6.02. The van der Waals surface area contributed by atoms with Gasteiger partial charge in [-0.05, 0) is 74.0 Å². The highest BCUT2D eigenvalue weighted by atomic mass is 16.5. The van der Waals surface area contributed by atoms with E-state index in [1.807, 2.05) is 36.4 Å². The molecule has 1 saturated heterocycles. The Labute approximate surface area is 157 Å². The summed E-state index contributed by atoms with van der Waals surface area (Å²) in [7, 11) is 1.67. The normalized spacial score (nSPS) is 21.5. The van der Waals surface area contributed by atoms with Crippen LogP contribution in [0.2, 0.25) is 0 Å². The standard InChI is InChI=1S/C23H29NO2/c1-4-6-17(5-2)16-24-11-9-18(10-12-24)13-20-14-19-15-21(26-3)7-8-22(19)23(20)25/h4-8,15,18,20H,1-2,9-14,16H2,3H3/b17-6+. The summed E-state index contributed by atoms with van der Waals surface area (Å²) >= 11 is 0. The van der Waals surface area contributed by atoms with E-state index in [0.717, 1.165) is 49.4 Å². The maximum absolute atomic E-state index is 12.7. The van der Waals surface area contributed by atoms with E-state index in [1.165, 1.54) is 18.4 Å². The van der Waals surface area contributed by atoms with Gasteiger partial charge in [-0.2, -0.15) is 0 Å². The Bertz CT molecular complexity index is 711. The fourth-order valence-electron chi connectivity index (χ4n) is 4.25. The van der Waals surface area contributed by atoms with Gasteiger partial charge in [-0.1, -0.05) is 31.4 Å². The number of rotatable bonds is 7. The molecule has 0 saturated carbocycles. The average Bonchev–Trinajstić information content (AvgIpc) is 2.97. The number of fused-ring (bicyclic) bond motifs is 1. The van der Waals surface area contributed by atoms with Gasteiger partial charge < -0.3 is 4.74 Å². The van der Waals surface area contributed by atoms with Gasteiger partial charge in [0.25, 0.3) is 0 Å². The van der Waals surface area contributed by atoms with Gasteiger partial charge in [0.2, 0.25) is 0 Å². The zero-order valence-electron chi connectivity index (χ0n) is 15.7. The molecule has 0 radical (unpaired) electrons. The fraction of sp³-hybridized carbons (Fsp3) is 0.435. The van der Waals surface area contributed by atoms with Crippen LogP contribution in [0.5, 0.6) is 5.75 Å². The Hall–Kier alpha value is -2.13. The van der Waals surface area contributed by atoms with Gasteiger partial charge in [0.1, 0.15) is 5.75 Å². The minimum absolute atomic E-state index is 0.151. The Morgan fingerprint density at radius 3 is 2.73 bits per heavy atom. The van der Waals surface area contributed by atoms with Crippen LogP contribution in [0.3, 0.4) is 0 Å². The molecule has 1 aromatic carbocycles. The molecule has 138 valence electrons. The molecule has 1 atom stereocenters. The highest BCUT2D eigenvalue weighted by Crippen LogP contribution is 2.35.